The molecule has 1 aliphatic rings. The van der Waals surface area contributed by atoms with Crippen molar-refractivity contribution in [1.82, 2.24) is 5.32 Å². The molecule has 0 bridgehead atoms. The van der Waals surface area contributed by atoms with Crippen molar-refractivity contribution in [2.24, 2.45) is 0 Å². The van der Waals surface area contributed by atoms with E-state index in [9.17, 15) is 9.90 Å². The second kappa shape index (κ2) is 9.74. The Labute approximate surface area is 180 Å². The Kier molecular flexibility index (Phi) is 6.62. The standard InChI is InChI=1S/C25H25NO3S/c27-24(28)16-19-8-9-23-22(15-19)21(25-20(17-29-23)11-14-30-25)7-4-12-26-13-10-18-5-2-1-3-6-18/h1-3,5-9,11,14-15,26H,4,10,12-13,16-17H2,(H,27,28)/b21-7+. The molecule has 1 aromatic heterocycles. The minimum Gasteiger partial charge on any atom is -0.488 e. The van der Waals surface area contributed by atoms with Gasteiger partial charge in [-0.05, 0) is 66.2 Å². The summed E-state index contributed by atoms with van der Waals surface area (Å²) < 4.78 is 6.02. The topological polar surface area (TPSA) is 58.6 Å². The van der Waals surface area contributed by atoms with Gasteiger partial charge in [0, 0.05) is 16.0 Å². The summed E-state index contributed by atoms with van der Waals surface area (Å²) in [6.07, 6.45) is 4.17. The first-order chi connectivity index (χ1) is 14.7. The van der Waals surface area contributed by atoms with Crippen LogP contribution in [0.25, 0.3) is 5.57 Å². The minimum absolute atomic E-state index is 0.0128. The maximum atomic E-state index is 11.2. The van der Waals surface area contributed by atoms with Gasteiger partial charge in [0.1, 0.15) is 12.4 Å². The van der Waals surface area contributed by atoms with E-state index in [-0.39, 0.29) is 6.42 Å². The van der Waals surface area contributed by atoms with Gasteiger partial charge in [-0.15, -0.1) is 11.3 Å². The largest absolute Gasteiger partial charge is 0.488 e. The van der Waals surface area contributed by atoms with Gasteiger partial charge in [0.25, 0.3) is 0 Å². The summed E-state index contributed by atoms with van der Waals surface area (Å²) in [5.41, 5.74) is 5.44. The van der Waals surface area contributed by atoms with E-state index in [1.807, 2.05) is 24.3 Å². The average Bonchev–Trinajstić information content (AvgIpc) is 3.15. The second-order valence-corrected chi connectivity index (χ2v) is 8.27. The van der Waals surface area contributed by atoms with Crippen molar-refractivity contribution in [2.45, 2.75) is 25.9 Å². The van der Waals surface area contributed by atoms with Gasteiger partial charge < -0.3 is 15.2 Å². The van der Waals surface area contributed by atoms with E-state index in [1.54, 1.807) is 11.3 Å². The lowest BCUT2D eigenvalue weighted by Gasteiger charge is -2.11. The fraction of sp³-hybridized carbons (Fsp3) is 0.240. The fourth-order valence-electron chi connectivity index (χ4n) is 3.69. The second-order valence-electron chi connectivity index (χ2n) is 7.36. The highest BCUT2D eigenvalue weighted by Gasteiger charge is 2.21. The van der Waals surface area contributed by atoms with Crippen LogP contribution in [0.4, 0.5) is 0 Å². The predicted octanol–water partition coefficient (Wildman–Crippen LogP) is 4.92. The number of rotatable bonds is 8. The van der Waals surface area contributed by atoms with Crippen LogP contribution in [-0.4, -0.2) is 24.2 Å². The fourth-order valence-corrected chi connectivity index (χ4v) is 4.65. The Balaban J connectivity index is 1.48. The van der Waals surface area contributed by atoms with Gasteiger partial charge in [0.2, 0.25) is 0 Å². The summed E-state index contributed by atoms with van der Waals surface area (Å²) in [6.45, 7) is 2.37. The van der Waals surface area contributed by atoms with Gasteiger partial charge in [0.15, 0.2) is 0 Å². The monoisotopic (exact) mass is 419 g/mol. The lowest BCUT2D eigenvalue weighted by Crippen LogP contribution is -2.18. The number of carbonyl (C=O) groups is 1. The minimum atomic E-state index is -0.825. The van der Waals surface area contributed by atoms with E-state index in [0.29, 0.717) is 6.61 Å². The summed E-state index contributed by atoms with van der Waals surface area (Å²) >= 11 is 1.71. The van der Waals surface area contributed by atoms with Gasteiger partial charge in [-0.1, -0.05) is 42.5 Å². The molecule has 154 valence electrons. The molecule has 0 saturated heterocycles. The molecule has 4 rings (SSSR count). The smallest absolute Gasteiger partial charge is 0.307 e. The molecule has 2 aromatic carbocycles. The van der Waals surface area contributed by atoms with E-state index in [0.717, 1.165) is 48.4 Å². The summed E-state index contributed by atoms with van der Waals surface area (Å²) in [5, 5.41) is 14.8. The number of hydrogen-bond donors (Lipinski definition) is 2. The molecule has 0 atom stereocenters. The first kappa shape index (κ1) is 20.4. The Morgan fingerprint density at radius 1 is 1.10 bits per heavy atom. The average molecular weight is 420 g/mol. The summed E-state index contributed by atoms with van der Waals surface area (Å²) in [6, 6.07) is 18.3. The van der Waals surface area contributed by atoms with E-state index < -0.39 is 5.97 Å². The maximum absolute atomic E-state index is 11.2. The molecule has 5 heteroatoms. The number of thiophene rings is 1. The molecule has 2 N–H and O–H groups in total. The van der Waals surface area contributed by atoms with Crippen LogP contribution in [0, 0.1) is 0 Å². The van der Waals surface area contributed by atoms with Crippen molar-refractivity contribution in [3.05, 3.63) is 93.2 Å². The number of nitrogens with one attached hydrogen (secondary N) is 1. The highest BCUT2D eigenvalue weighted by atomic mass is 32.1. The van der Waals surface area contributed by atoms with E-state index in [4.69, 9.17) is 4.74 Å². The summed E-state index contributed by atoms with van der Waals surface area (Å²) in [4.78, 5) is 12.4. The molecule has 0 radical (unpaired) electrons. The molecule has 4 nitrogen and oxygen atoms in total. The third-order valence-corrected chi connectivity index (χ3v) is 6.16. The van der Waals surface area contributed by atoms with Gasteiger partial charge in [0.05, 0.1) is 6.42 Å². The predicted molar refractivity (Wildman–Crippen MR) is 121 cm³/mol. The van der Waals surface area contributed by atoms with Crippen LogP contribution in [0.3, 0.4) is 0 Å². The number of carboxylic acid groups (broad SMARTS) is 1. The van der Waals surface area contributed by atoms with Crippen molar-refractivity contribution < 1.29 is 14.6 Å². The quantitative estimate of drug-likeness (QED) is 0.509. The summed E-state index contributed by atoms with van der Waals surface area (Å²) in [7, 11) is 0. The highest BCUT2D eigenvalue weighted by molar-refractivity contribution is 7.11. The zero-order chi connectivity index (χ0) is 20.8. The Morgan fingerprint density at radius 2 is 1.97 bits per heavy atom. The number of aliphatic carboxylic acids is 1. The molecule has 0 unspecified atom stereocenters. The van der Waals surface area contributed by atoms with Crippen LogP contribution in [0.1, 0.15) is 33.6 Å². The number of ether oxygens (including phenoxy) is 1. The normalized spacial score (nSPS) is 13.9. The Bertz CT molecular complexity index is 1040. The molecule has 1 aliphatic heterocycles. The molecule has 0 fully saturated rings. The molecular formula is C25H25NO3S. The van der Waals surface area contributed by atoms with Gasteiger partial charge in [-0.2, -0.15) is 0 Å². The maximum Gasteiger partial charge on any atom is 0.307 e. The third-order valence-electron chi connectivity index (χ3n) is 5.17. The molecule has 0 amide bonds. The van der Waals surface area contributed by atoms with Crippen molar-refractivity contribution in [1.29, 1.82) is 0 Å². The van der Waals surface area contributed by atoms with Crippen molar-refractivity contribution in [2.75, 3.05) is 13.1 Å². The Hall–Kier alpha value is -2.89. The van der Waals surface area contributed by atoms with Crippen molar-refractivity contribution in [3.8, 4) is 5.75 Å². The first-order valence-electron chi connectivity index (χ1n) is 10.2. The van der Waals surface area contributed by atoms with Crippen LogP contribution in [0.5, 0.6) is 5.75 Å². The van der Waals surface area contributed by atoms with E-state index in [1.165, 1.54) is 16.0 Å². The number of benzene rings is 2. The molecule has 2 heterocycles. The highest BCUT2D eigenvalue weighted by Crippen LogP contribution is 2.40. The van der Waals surface area contributed by atoms with Crippen LogP contribution >= 0.6 is 11.3 Å². The number of carboxylic acids is 1. The molecule has 30 heavy (non-hydrogen) atoms. The van der Waals surface area contributed by atoms with Crippen molar-refractivity contribution in [3.63, 3.8) is 0 Å². The van der Waals surface area contributed by atoms with Crippen LogP contribution in [0.15, 0.2) is 66.1 Å². The van der Waals surface area contributed by atoms with E-state index >= 15 is 0 Å². The molecule has 0 spiro atoms. The van der Waals surface area contributed by atoms with Crippen LogP contribution in [0.2, 0.25) is 0 Å². The van der Waals surface area contributed by atoms with Crippen molar-refractivity contribution >= 4 is 22.9 Å². The lowest BCUT2D eigenvalue weighted by atomic mass is 9.97. The van der Waals surface area contributed by atoms with Gasteiger partial charge in [-0.25, -0.2) is 0 Å². The molecule has 3 aromatic rings. The van der Waals surface area contributed by atoms with E-state index in [2.05, 4.69) is 47.1 Å². The van der Waals surface area contributed by atoms with Gasteiger partial charge >= 0.3 is 5.97 Å². The SMILES string of the molecule is O=C(O)Cc1ccc2c(c1)/C(=C\CCNCCc1ccccc1)c1sccc1CO2. The molecule has 0 saturated carbocycles. The zero-order valence-electron chi connectivity index (χ0n) is 16.8. The first-order valence-corrected chi connectivity index (χ1v) is 11.1. The lowest BCUT2D eigenvalue weighted by molar-refractivity contribution is -0.136. The Morgan fingerprint density at radius 3 is 2.80 bits per heavy atom. The van der Waals surface area contributed by atoms with Crippen LogP contribution in [-0.2, 0) is 24.2 Å². The molecular weight excluding hydrogens is 394 g/mol. The number of hydrogen-bond acceptors (Lipinski definition) is 4. The zero-order valence-corrected chi connectivity index (χ0v) is 17.6. The summed E-state index contributed by atoms with van der Waals surface area (Å²) in [5.74, 6) is -0.00901. The third kappa shape index (κ3) is 4.99. The van der Waals surface area contributed by atoms with Gasteiger partial charge in [-0.3, -0.25) is 4.79 Å². The number of fused-ring (bicyclic) bond motifs is 2. The molecule has 0 aliphatic carbocycles. The van der Waals surface area contributed by atoms with Crippen LogP contribution < -0.4 is 10.1 Å².